The molecule has 1 aliphatic heterocycles. The second-order valence-electron chi connectivity index (χ2n) is 7.22. The summed E-state index contributed by atoms with van der Waals surface area (Å²) in [5, 5.41) is 0. The van der Waals surface area contributed by atoms with E-state index in [9.17, 15) is 9.59 Å². The minimum absolute atomic E-state index is 0.0667. The molecule has 2 amide bonds. The SMILES string of the molecule is CC(C)CCC(=O)N1CCC(Oc2ccc(C(=O)N(C)C)cn2)CC1. The number of amides is 2. The van der Waals surface area contributed by atoms with Gasteiger partial charge in [-0.05, 0) is 18.4 Å². The Hall–Kier alpha value is -2.11. The Morgan fingerprint density at radius 2 is 1.96 bits per heavy atom. The maximum absolute atomic E-state index is 12.2. The lowest BCUT2D eigenvalue weighted by molar-refractivity contribution is -0.133. The van der Waals surface area contributed by atoms with Crippen molar-refractivity contribution < 1.29 is 14.3 Å². The summed E-state index contributed by atoms with van der Waals surface area (Å²) >= 11 is 0. The standard InChI is InChI=1S/C19H29N3O3/c1-14(2)5-8-18(23)22-11-9-16(10-12-22)25-17-7-6-15(13-20-17)19(24)21(3)4/h6-7,13-14,16H,5,8-12H2,1-4H3. The molecule has 0 aromatic carbocycles. The van der Waals surface area contributed by atoms with Crippen molar-refractivity contribution in [2.24, 2.45) is 5.92 Å². The van der Waals surface area contributed by atoms with Crippen molar-refractivity contribution in [2.45, 2.75) is 45.6 Å². The number of aromatic nitrogens is 1. The van der Waals surface area contributed by atoms with Crippen molar-refractivity contribution in [3.05, 3.63) is 23.9 Å². The van der Waals surface area contributed by atoms with Crippen LogP contribution in [0.1, 0.15) is 49.9 Å². The highest BCUT2D eigenvalue weighted by molar-refractivity contribution is 5.93. The molecule has 1 aromatic rings. The van der Waals surface area contributed by atoms with E-state index in [-0.39, 0.29) is 17.9 Å². The average Bonchev–Trinajstić information content (AvgIpc) is 2.60. The van der Waals surface area contributed by atoms with Gasteiger partial charge in [0.2, 0.25) is 11.8 Å². The van der Waals surface area contributed by atoms with Gasteiger partial charge < -0.3 is 14.5 Å². The quantitative estimate of drug-likeness (QED) is 0.793. The molecule has 0 atom stereocenters. The number of hydrogen-bond acceptors (Lipinski definition) is 4. The second-order valence-corrected chi connectivity index (χ2v) is 7.22. The summed E-state index contributed by atoms with van der Waals surface area (Å²) in [7, 11) is 3.42. The van der Waals surface area contributed by atoms with E-state index in [0.29, 0.717) is 23.8 Å². The van der Waals surface area contributed by atoms with Crippen molar-refractivity contribution in [3.8, 4) is 5.88 Å². The van der Waals surface area contributed by atoms with E-state index >= 15 is 0 Å². The van der Waals surface area contributed by atoms with E-state index in [1.165, 1.54) is 4.90 Å². The van der Waals surface area contributed by atoms with Crippen LogP contribution in [-0.4, -0.2) is 59.9 Å². The third kappa shape index (κ3) is 5.73. The molecular formula is C19H29N3O3. The van der Waals surface area contributed by atoms with Gasteiger partial charge in [0.05, 0.1) is 5.56 Å². The first kappa shape index (κ1) is 19.2. The van der Waals surface area contributed by atoms with E-state index in [1.54, 1.807) is 32.4 Å². The fraction of sp³-hybridized carbons (Fsp3) is 0.632. The fourth-order valence-electron chi connectivity index (χ4n) is 2.80. The Labute approximate surface area is 150 Å². The van der Waals surface area contributed by atoms with Crippen molar-refractivity contribution in [1.82, 2.24) is 14.8 Å². The topological polar surface area (TPSA) is 62.7 Å². The number of rotatable bonds is 6. The lowest BCUT2D eigenvalue weighted by atomic mass is 10.0. The summed E-state index contributed by atoms with van der Waals surface area (Å²) in [6.45, 7) is 5.74. The molecule has 0 bridgehead atoms. The van der Waals surface area contributed by atoms with Gasteiger partial charge in [0.15, 0.2) is 0 Å². The van der Waals surface area contributed by atoms with Gasteiger partial charge in [-0.3, -0.25) is 9.59 Å². The summed E-state index contributed by atoms with van der Waals surface area (Å²) in [5.74, 6) is 1.25. The number of carbonyl (C=O) groups excluding carboxylic acids is 2. The van der Waals surface area contributed by atoms with E-state index in [1.807, 2.05) is 4.90 Å². The van der Waals surface area contributed by atoms with Crippen LogP contribution in [0.2, 0.25) is 0 Å². The Morgan fingerprint density at radius 1 is 1.28 bits per heavy atom. The molecule has 2 rings (SSSR count). The Bertz CT molecular complexity index is 576. The van der Waals surface area contributed by atoms with Crippen molar-refractivity contribution >= 4 is 11.8 Å². The van der Waals surface area contributed by atoms with Gasteiger partial charge in [-0.1, -0.05) is 13.8 Å². The van der Waals surface area contributed by atoms with Crippen LogP contribution < -0.4 is 4.74 Å². The van der Waals surface area contributed by atoms with Gasteiger partial charge in [-0.15, -0.1) is 0 Å². The van der Waals surface area contributed by atoms with Crippen LogP contribution in [0, 0.1) is 5.92 Å². The minimum Gasteiger partial charge on any atom is -0.474 e. The zero-order valence-corrected chi connectivity index (χ0v) is 15.7. The highest BCUT2D eigenvalue weighted by Gasteiger charge is 2.24. The van der Waals surface area contributed by atoms with Crippen molar-refractivity contribution in [3.63, 3.8) is 0 Å². The molecule has 138 valence electrons. The van der Waals surface area contributed by atoms with Crippen LogP contribution in [0.25, 0.3) is 0 Å². The Morgan fingerprint density at radius 3 is 2.48 bits per heavy atom. The molecule has 1 aliphatic rings. The first-order chi connectivity index (χ1) is 11.9. The van der Waals surface area contributed by atoms with E-state index < -0.39 is 0 Å². The molecule has 0 N–H and O–H groups in total. The van der Waals surface area contributed by atoms with Gasteiger partial charge in [0.1, 0.15) is 6.10 Å². The van der Waals surface area contributed by atoms with E-state index in [0.717, 1.165) is 32.4 Å². The maximum atomic E-state index is 12.2. The Kier molecular flexibility index (Phi) is 6.79. The molecule has 0 saturated carbocycles. The van der Waals surface area contributed by atoms with Crippen molar-refractivity contribution in [1.29, 1.82) is 0 Å². The lowest BCUT2D eigenvalue weighted by Crippen LogP contribution is -2.41. The summed E-state index contributed by atoms with van der Waals surface area (Å²) in [5.41, 5.74) is 0.544. The zero-order chi connectivity index (χ0) is 18.4. The predicted octanol–water partition coefficient (Wildman–Crippen LogP) is 2.59. The molecule has 1 aromatic heterocycles. The van der Waals surface area contributed by atoms with Gasteiger partial charge >= 0.3 is 0 Å². The molecule has 6 heteroatoms. The average molecular weight is 347 g/mol. The number of pyridine rings is 1. The van der Waals surface area contributed by atoms with Crippen molar-refractivity contribution in [2.75, 3.05) is 27.2 Å². The number of nitrogens with zero attached hydrogens (tertiary/aromatic N) is 3. The van der Waals surface area contributed by atoms with Gasteiger partial charge in [-0.2, -0.15) is 0 Å². The first-order valence-electron chi connectivity index (χ1n) is 8.99. The fourth-order valence-corrected chi connectivity index (χ4v) is 2.80. The normalized spacial score (nSPS) is 15.3. The molecule has 2 heterocycles. The number of likely N-dealkylation sites (tertiary alicyclic amines) is 1. The van der Waals surface area contributed by atoms with Crippen LogP contribution in [-0.2, 0) is 4.79 Å². The van der Waals surface area contributed by atoms with Crippen LogP contribution in [0.15, 0.2) is 18.3 Å². The number of carbonyl (C=O) groups is 2. The number of piperidine rings is 1. The summed E-state index contributed by atoms with van der Waals surface area (Å²) in [4.78, 5) is 31.7. The molecule has 1 saturated heterocycles. The maximum Gasteiger partial charge on any atom is 0.254 e. The molecule has 1 fully saturated rings. The molecule has 0 radical (unpaired) electrons. The van der Waals surface area contributed by atoms with E-state index in [2.05, 4.69) is 18.8 Å². The summed E-state index contributed by atoms with van der Waals surface area (Å²) in [6.07, 6.45) is 4.81. The third-order valence-corrected chi connectivity index (χ3v) is 4.41. The largest absolute Gasteiger partial charge is 0.474 e. The summed E-state index contributed by atoms with van der Waals surface area (Å²) < 4.78 is 5.90. The van der Waals surface area contributed by atoms with E-state index in [4.69, 9.17) is 4.74 Å². The first-order valence-corrected chi connectivity index (χ1v) is 8.99. The number of hydrogen-bond donors (Lipinski definition) is 0. The van der Waals surface area contributed by atoms with Crippen LogP contribution in [0.4, 0.5) is 0 Å². The highest BCUT2D eigenvalue weighted by atomic mass is 16.5. The van der Waals surface area contributed by atoms with Gasteiger partial charge in [0.25, 0.3) is 5.91 Å². The monoisotopic (exact) mass is 347 g/mol. The predicted molar refractivity (Wildman–Crippen MR) is 96.6 cm³/mol. The smallest absolute Gasteiger partial charge is 0.254 e. The summed E-state index contributed by atoms with van der Waals surface area (Å²) in [6, 6.07) is 3.46. The lowest BCUT2D eigenvalue weighted by Gasteiger charge is -2.32. The molecular weight excluding hydrogens is 318 g/mol. The van der Waals surface area contributed by atoms with Gasteiger partial charge in [0, 0.05) is 58.7 Å². The van der Waals surface area contributed by atoms with Gasteiger partial charge in [-0.25, -0.2) is 4.98 Å². The molecule has 25 heavy (non-hydrogen) atoms. The molecule has 0 unspecified atom stereocenters. The van der Waals surface area contributed by atoms with Crippen LogP contribution in [0.3, 0.4) is 0 Å². The minimum atomic E-state index is -0.0766. The molecule has 0 aliphatic carbocycles. The second kappa shape index (κ2) is 8.83. The van der Waals surface area contributed by atoms with Crippen LogP contribution in [0.5, 0.6) is 5.88 Å². The zero-order valence-electron chi connectivity index (χ0n) is 15.7. The highest BCUT2D eigenvalue weighted by Crippen LogP contribution is 2.19. The van der Waals surface area contributed by atoms with Crippen LogP contribution >= 0.6 is 0 Å². The number of ether oxygens (including phenoxy) is 1. The Balaban J connectivity index is 1.80. The third-order valence-electron chi connectivity index (χ3n) is 4.41. The molecule has 0 spiro atoms. The molecule has 6 nitrogen and oxygen atoms in total.